The van der Waals surface area contributed by atoms with Crippen LogP contribution in [0, 0.1) is 13.8 Å². The molecule has 0 atom stereocenters. The van der Waals surface area contributed by atoms with Crippen molar-refractivity contribution < 1.29 is 0 Å². The Morgan fingerprint density at radius 2 is 1.19 bits per heavy atom. The van der Waals surface area contributed by atoms with Crippen molar-refractivity contribution in [2.45, 2.75) is 19.8 Å². The van der Waals surface area contributed by atoms with Crippen molar-refractivity contribution in [2.24, 2.45) is 0 Å². The van der Waals surface area contributed by atoms with E-state index >= 15 is 0 Å². The van der Waals surface area contributed by atoms with Gasteiger partial charge in [0.2, 0.25) is 0 Å². The molecule has 3 rings (SSSR count). The maximum Gasteiger partial charge on any atom is 0.0522 e. The first-order valence-electron chi connectivity index (χ1n) is 7.28. The molecule has 0 bridgehead atoms. The number of aryl methyl sites for hydroxylation is 2. The zero-order valence-corrected chi connectivity index (χ0v) is 12.5. The number of hydrogen-bond acceptors (Lipinski definition) is 1. The van der Waals surface area contributed by atoms with E-state index in [1.807, 2.05) is 12.3 Å². The Kier molecular flexibility index (Phi) is 3.83. The van der Waals surface area contributed by atoms with Crippen molar-refractivity contribution in [3.63, 3.8) is 0 Å². The van der Waals surface area contributed by atoms with Crippen molar-refractivity contribution in [1.82, 2.24) is 4.98 Å². The van der Waals surface area contributed by atoms with Crippen LogP contribution in [-0.4, -0.2) is 4.98 Å². The molecular weight excluding hydrogens is 254 g/mol. The van der Waals surface area contributed by atoms with E-state index in [0.29, 0.717) is 0 Å². The highest BCUT2D eigenvalue weighted by Gasteiger charge is 2.17. The van der Waals surface area contributed by atoms with Gasteiger partial charge in [0.15, 0.2) is 0 Å². The van der Waals surface area contributed by atoms with E-state index in [-0.39, 0.29) is 5.92 Å². The third-order valence-corrected chi connectivity index (χ3v) is 3.80. The summed E-state index contributed by atoms with van der Waals surface area (Å²) in [4.78, 5) is 4.58. The molecule has 0 N–H and O–H groups in total. The largest absolute Gasteiger partial charge is 0.260 e. The summed E-state index contributed by atoms with van der Waals surface area (Å²) >= 11 is 0. The molecule has 2 aromatic carbocycles. The van der Waals surface area contributed by atoms with E-state index in [1.165, 1.54) is 22.3 Å². The summed E-state index contributed by atoms with van der Waals surface area (Å²) in [6, 6.07) is 23.6. The van der Waals surface area contributed by atoms with Crippen LogP contribution >= 0.6 is 0 Å². The van der Waals surface area contributed by atoms with Crippen LogP contribution in [0.1, 0.15) is 33.9 Å². The lowest BCUT2D eigenvalue weighted by Gasteiger charge is -2.18. The van der Waals surface area contributed by atoms with Crippen LogP contribution in [0.4, 0.5) is 0 Å². The molecule has 0 unspecified atom stereocenters. The summed E-state index contributed by atoms with van der Waals surface area (Å²) in [5, 5.41) is 0. The highest BCUT2D eigenvalue weighted by atomic mass is 14.7. The molecule has 3 aromatic rings. The Morgan fingerprint density at radius 3 is 1.62 bits per heavy atom. The summed E-state index contributed by atoms with van der Waals surface area (Å²) in [5.74, 6) is 0.187. The molecule has 104 valence electrons. The van der Waals surface area contributed by atoms with Crippen LogP contribution in [0.3, 0.4) is 0 Å². The van der Waals surface area contributed by atoms with Gasteiger partial charge in [-0.3, -0.25) is 4.98 Å². The molecule has 1 nitrogen and oxygen atoms in total. The maximum atomic E-state index is 4.58. The SMILES string of the molecule is Cc1ccc(C(c2ccc(C)cc2)c2ccccn2)cc1. The highest BCUT2D eigenvalue weighted by molar-refractivity contribution is 5.41. The Morgan fingerprint density at radius 1 is 0.667 bits per heavy atom. The van der Waals surface area contributed by atoms with Gasteiger partial charge >= 0.3 is 0 Å². The number of hydrogen-bond donors (Lipinski definition) is 0. The normalized spacial score (nSPS) is 10.8. The van der Waals surface area contributed by atoms with Crippen LogP contribution in [0.15, 0.2) is 72.9 Å². The van der Waals surface area contributed by atoms with Gasteiger partial charge in [-0.25, -0.2) is 0 Å². The molecule has 0 fully saturated rings. The van der Waals surface area contributed by atoms with Crippen molar-refractivity contribution in [3.8, 4) is 0 Å². The fourth-order valence-electron chi connectivity index (χ4n) is 2.60. The van der Waals surface area contributed by atoms with Gasteiger partial charge in [-0.1, -0.05) is 65.7 Å². The second kappa shape index (κ2) is 5.92. The van der Waals surface area contributed by atoms with E-state index in [0.717, 1.165) is 5.69 Å². The van der Waals surface area contributed by atoms with Crippen LogP contribution < -0.4 is 0 Å². The minimum atomic E-state index is 0.187. The Hall–Kier alpha value is -2.41. The summed E-state index contributed by atoms with van der Waals surface area (Å²) < 4.78 is 0. The van der Waals surface area contributed by atoms with Crippen molar-refractivity contribution >= 4 is 0 Å². The Balaban J connectivity index is 2.11. The second-order valence-corrected chi connectivity index (χ2v) is 5.51. The van der Waals surface area contributed by atoms with Gasteiger partial charge in [-0.05, 0) is 37.1 Å². The fourth-order valence-corrected chi connectivity index (χ4v) is 2.60. The first-order chi connectivity index (χ1) is 10.2. The first kappa shape index (κ1) is 13.6. The van der Waals surface area contributed by atoms with Gasteiger partial charge in [0.25, 0.3) is 0 Å². The smallest absolute Gasteiger partial charge is 0.0522 e. The molecular formula is C20H19N. The lowest BCUT2D eigenvalue weighted by Crippen LogP contribution is -2.05. The summed E-state index contributed by atoms with van der Waals surface area (Å²) in [7, 11) is 0. The fraction of sp³-hybridized carbons (Fsp3) is 0.150. The van der Waals surface area contributed by atoms with Gasteiger partial charge in [-0.2, -0.15) is 0 Å². The number of nitrogens with zero attached hydrogens (tertiary/aromatic N) is 1. The molecule has 1 aromatic heterocycles. The summed E-state index contributed by atoms with van der Waals surface area (Å²) in [6.07, 6.45) is 1.87. The molecule has 0 saturated carbocycles. The van der Waals surface area contributed by atoms with Crippen LogP contribution in [-0.2, 0) is 0 Å². The third kappa shape index (κ3) is 3.03. The summed E-state index contributed by atoms with van der Waals surface area (Å²) in [6.45, 7) is 4.23. The quantitative estimate of drug-likeness (QED) is 0.663. The standard InChI is InChI=1S/C20H19N/c1-15-6-10-17(11-7-15)20(19-5-3-4-14-21-19)18-12-8-16(2)9-13-18/h3-14,20H,1-2H3. The highest BCUT2D eigenvalue weighted by Crippen LogP contribution is 2.30. The first-order valence-corrected chi connectivity index (χ1v) is 7.28. The van der Waals surface area contributed by atoms with E-state index in [4.69, 9.17) is 0 Å². The molecule has 0 radical (unpaired) electrons. The molecule has 0 aliphatic heterocycles. The van der Waals surface area contributed by atoms with Crippen LogP contribution in [0.5, 0.6) is 0 Å². The number of aromatic nitrogens is 1. The number of benzene rings is 2. The lowest BCUT2D eigenvalue weighted by molar-refractivity contribution is 0.917. The van der Waals surface area contributed by atoms with Gasteiger partial charge in [0, 0.05) is 6.20 Å². The molecule has 1 heterocycles. The number of rotatable bonds is 3. The van der Waals surface area contributed by atoms with Crippen molar-refractivity contribution in [3.05, 3.63) is 101 Å². The minimum Gasteiger partial charge on any atom is -0.260 e. The van der Waals surface area contributed by atoms with Gasteiger partial charge in [0.05, 0.1) is 11.6 Å². The van der Waals surface area contributed by atoms with E-state index in [9.17, 15) is 0 Å². The zero-order chi connectivity index (χ0) is 14.7. The second-order valence-electron chi connectivity index (χ2n) is 5.51. The molecule has 0 spiro atoms. The third-order valence-electron chi connectivity index (χ3n) is 3.80. The molecule has 0 aliphatic carbocycles. The van der Waals surface area contributed by atoms with Crippen molar-refractivity contribution in [2.75, 3.05) is 0 Å². The minimum absolute atomic E-state index is 0.187. The Labute approximate surface area is 126 Å². The topological polar surface area (TPSA) is 12.9 Å². The average Bonchev–Trinajstić information content (AvgIpc) is 2.52. The maximum absolute atomic E-state index is 4.58. The molecule has 0 aliphatic rings. The Bertz CT molecular complexity index is 652. The van der Waals surface area contributed by atoms with E-state index in [2.05, 4.69) is 79.5 Å². The van der Waals surface area contributed by atoms with Crippen LogP contribution in [0.25, 0.3) is 0 Å². The zero-order valence-electron chi connectivity index (χ0n) is 12.5. The summed E-state index contributed by atoms with van der Waals surface area (Å²) in [5.41, 5.74) is 6.21. The average molecular weight is 273 g/mol. The molecule has 1 heteroatoms. The molecule has 0 saturated heterocycles. The monoisotopic (exact) mass is 273 g/mol. The molecule has 0 amide bonds. The van der Waals surface area contributed by atoms with Crippen molar-refractivity contribution in [1.29, 1.82) is 0 Å². The van der Waals surface area contributed by atoms with Crippen LogP contribution in [0.2, 0.25) is 0 Å². The van der Waals surface area contributed by atoms with Gasteiger partial charge in [-0.15, -0.1) is 0 Å². The van der Waals surface area contributed by atoms with E-state index < -0.39 is 0 Å². The number of pyridine rings is 1. The predicted octanol–water partition coefficient (Wildman–Crippen LogP) is 4.88. The predicted molar refractivity (Wildman–Crippen MR) is 87.5 cm³/mol. The molecule has 21 heavy (non-hydrogen) atoms. The van der Waals surface area contributed by atoms with Gasteiger partial charge < -0.3 is 0 Å². The van der Waals surface area contributed by atoms with Gasteiger partial charge in [0.1, 0.15) is 0 Å². The lowest BCUT2D eigenvalue weighted by atomic mass is 9.87. The van der Waals surface area contributed by atoms with E-state index in [1.54, 1.807) is 0 Å².